The molecule has 2 aromatic carbocycles. The molecule has 0 spiro atoms. The number of aromatic nitrogens is 3. The molecule has 3 aromatic rings. The molecule has 1 aliphatic rings. The number of alkyl halides is 2. The van der Waals surface area contributed by atoms with Crippen molar-refractivity contribution in [2.24, 2.45) is 0 Å². The van der Waals surface area contributed by atoms with Gasteiger partial charge in [0, 0.05) is 15.6 Å². The second-order valence-electron chi connectivity index (χ2n) is 6.09. The molecule has 0 amide bonds. The van der Waals surface area contributed by atoms with E-state index in [0.717, 1.165) is 5.56 Å². The van der Waals surface area contributed by atoms with Gasteiger partial charge in [-0.2, -0.15) is 18.9 Å². The summed E-state index contributed by atoms with van der Waals surface area (Å²) in [5, 5.41) is 8.62. The van der Waals surface area contributed by atoms with Crippen LogP contribution in [0.4, 0.5) is 14.7 Å². The van der Waals surface area contributed by atoms with Gasteiger partial charge in [-0.3, -0.25) is 0 Å². The molecule has 2 heterocycles. The maximum Gasteiger partial charge on any atom is 0.387 e. The van der Waals surface area contributed by atoms with E-state index in [0.29, 0.717) is 28.0 Å². The van der Waals surface area contributed by atoms with E-state index in [-0.39, 0.29) is 17.8 Å². The van der Waals surface area contributed by atoms with Crippen molar-refractivity contribution in [1.82, 2.24) is 14.8 Å². The third-order valence-corrected chi connectivity index (χ3v) is 4.94. The third kappa shape index (κ3) is 3.70. The van der Waals surface area contributed by atoms with E-state index in [9.17, 15) is 8.78 Å². The van der Waals surface area contributed by atoms with Gasteiger partial charge in [-0.15, -0.1) is 0 Å². The van der Waals surface area contributed by atoms with E-state index in [1.54, 1.807) is 22.9 Å². The van der Waals surface area contributed by atoms with E-state index >= 15 is 0 Å². The number of rotatable bonds is 4. The molecule has 1 aromatic heterocycles. The second-order valence-corrected chi connectivity index (χ2v) is 6.96. The summed E-state index contributed by atoms with van der Waals surface area (Å²) in [6.07, 6.45) is 1.95. The van der Waals surface area contributed by atoms with Gasteiger partial charge in [-0.1, -0.05) is 35.3 Å². The minimum atomic E-state index is -2.94. The predicted molar refractivity (Wildman–Crippen MR) is 98.7 cm³/mol. The highest BCUT2D eigenvalue weighted by atomic mass is 35.5. The van der Waals surface area contributed by atoms with Gasteiger partial charge in [-0.05, 0) is 42.3 Å². The lowest BCUT2D eigenvalue weighted by atomic mass is 9.93. The maximum absolute atomic E-state index is 12.9. The quantitative estimate of drug-likeness (QED) is 0.631. The molecule has 4 rings (SSSR count). The number of anilines is 1. The van der Waals surface area contributed by atoms with Gasteiger partial charge < -0.3 is 10.1 Å². The van der Waals surface area contributed by atoms with E-state index in [1.165, 1.54) is 18.5 Å². The Balaban J connectivity index is 1.76. The summed E-state index contributed by atoms with van der Waals surface area (Å²) in [5.74, 6) is 0.603. The van der Waals surface area contributed by atoms with Crippen molar-refractivity contribution in [3.05, 3.63) is 70.0 Å². The van der Waals surface area contributed by atoms with Crippen LogP contribution in [0.1, 0.15) is 29.6 Å². The maximum atomic E-state index is 12.9. The fourth-order valence-corrected chi connectivity index (χ4v) is 3.58. The van der Waals surface area contributed by atoms with Crippen molar-refractivity contribution >= 4 is 29.2 Å². The Bertz CT molecular complexity index is 949. The van der Waals surface area contributed by atoms with Crippen LogP contribution in [0.15, 0.2) is 48.8 Å². The van der Waals surface area contributed by atoms with Gasteiger partial charge in [0.15, 0.2) is 0 Å². The van der Waals surface area contributed by atoms with Crippen molar-refractivity contribution in [1.29, 1.82) is 0 Å². The molecule has 0 saturated heterocycles. The molecule has 27 heavy (non-hydrogen) atoms. The molecule has 1 aliphatic heterocycles. The minimum Gasteiger partial charge on any atom is -0.434 e. The average Bonchev–Trinajstić information content (AvgIpc) is 3.11. The highest BCUT2D eigenvalue weighted by Crippen LogP contribution is 2.41. The van der Waals surface area contributed by atoms with E-state index < -0.39 is 6.61 Å². The molecule has 9 heteroatoms. The van der Waals surface area contributed by atoms with Crippen LogP contribution in [0.25, 0.3) is 0 Å². The fraction of sp³-hybridized carbons (Fsp3) is 0.222. The Morgan fingerprint density at radius 3 is 2.59 bits per heavy atom. The SMILES string of the molecule is FC(F)Oc1ccc(Cl)cc1C1CC(c2ccc(Cl)cc2)Nc2ncnn21. The number of fused-ring (bicyclic) bond motifs is 1. The van der Waals surface area contributed by atoms with Gasteiger partial charge in [-0.25, -0.2) is 4.68 Å². The predicted octanol–water partition coefficient (Wildman–Crippen LogP) is 5.33. The normalized spacial score (nSPS) is 18.9. The Kier molecular flexibility index (Phi) is 4.88. The van der Waals surface area contributed by atoms with Crippen LogP contribution in [-0.2, 0) is 0 Å². The largest absolute Gasteiger partial charge is 0.434 e. The number of hydrogen-bond acceptors (Lipinski definition) is 4. The molecule has 0 fully saturated rings. The fourth-order valence-electron chi connectivity index (χ4n) is 3.28. The summed E-state index contributed by atoms with van der Waals surface area (Å²) in [7, 11) is 0. The first-order valence-corrected chi connectivity index (χ1v) is 8.92. The number of nitrogens with one attached hydrogen (secondary N) is 1. The van der Waals surface area contributed by atoms with Crippen molar-refractivity contribution < 1.29 is 13.5 Å². The van der Waals surface area contributed by atoms with Gasteiger partial charge in [0.05, 0.1) is 12.1 Å². The summed E-state index contributed by atoms with van der Waals surface area (Å²) in [6, 6.07) is 11.5. The van der Waals surface area contributed by atoms with Crippen molar-refractivity contribution in [2.75, 3.05) is 5.32 Å². The van der Waals surface area contributed by atoms with Gasteiger partial charge in [0.25, 0.3) is 0 Å². The lowest BCUT2D eigenvalue weighted by Crippen LogP contribution is -2.28. The Morgan fingerprint density at radius 2 is 1.85 bits per heavy atom. The Morgan fingerprint density at radius 1 is 1.11 bits per heavy atom. The summed E-state index contributed by atoms with van der Waals surface area (Å²) in [5.41, 5.74) is 1.52. The van der Waals surface area contributed by atoms with Crippen LogP contribution in [0.3, 0.4) is 0 Å². The van der Waals surface area contributed by atoms with Crippen LogP contribution >= 0.6 is 23.2 Å². The molecule has 2 atom stereocenters. The Labute approximate surface area is 163 Å². The third-order valence-electron chi connectivity index (χ3n) is 4.45. The number of halogens is 4. The molecule has 2 unspecified atom stereocenters. The molecule has 0 radical (unpaired) electrons. The first-order valence-electron chi connectivity index (χ1n) is 8.17. The highest BCUT2D eigenvalue weighted by Gasteiger charge is 2.32. The standard InChI is InChI=1S/C18H14Cl2F2N4O/c19-11-3-1-10(2-4-11)14-8-15(26-18(25-14)23-9-24-26)13-7-12(20)5-6-16(13)27-17(21)22/h1-7,9,14-15,17H,8H2,(H,23,24,25). The first-order chi connectivity index (χ1) is 13.0. The molecule has 0 saturated carbocycles. The molecule has 0 bridgehead atoms. The van der Waals surface area contributed by atoms with Crippen molar-refractivity contribution in [2.45, 2.75) is 25.1 Å². The molecular weight excluding hydrogens is 397 g/mol. The lowest BCUT2D eigenvalue weighted by molar-refractivity contribution is -0.0507. The zero-order chi connectivity index (χ0) is 19.0. The summed E-state index contributed by atoms with van der Waals surface area (Å²) in [4.78, 5) is 4.23. The molecular formula is C18H14Cl2F2N4O. The van der Waals surface area contributed by atoms with Crippen LogP contribution in [0.5, 0.6) is 5.75 Å². The number of benzene rings is 2. The highest BCUT2D eigenvalue weighted by molar-refractivity contribution is 6.30. The summed E-state index contributed by atoms with van der Waals surface area (Å²) >= 11 is 12.1. The summed E-state index contributed by atoms with van der Waals surface area (Å²) in [6.45, 7) is -2.94. The zero-order valence-corrected chi connectivity index (χ0v) is 15.3. The topological polar surface area (TPSA) is 52.0 Å². The zero-order valence-electron chi connectivity index (χ0n) is 13.8. The van der Waals surface area contributed by atoms with E-state index in [1.807, 2.05) is 12.1 Å². The number of nitrogens with zero attached hydrogens (tertiary/aromatic N) is 3. The monoisotopic (exact) mass is 410 g/mol. The number of hydrogen-bond donors (Lipinski definition) is 1. The van der Waals surface area contributed by atoms with Gasteiger partial charge >= 0.3 is 6.61 Å². The van der Waals surface area contributed by atoms with Crippen LogP contribution < -0.4 is 10.1 Å². The summed E-state index contributed by atoms with van der Waals surface area (Å²) < 4.78 is 32.1. The molecule has 0 aliphatic carbocycles. The Hall–Kier alpha value is -2.38. The van der Waals surface area contributed by atoms with Crippen LogP contribution in [0, 0.1) is 0 Å². The van der Waals surface area contributed by atoms with E-state index in [2.05, 4.69) is 15.4 Å². The molecule has 1 N–H and O–H groups in total. The van der Waals surface area contributed by atoms with Gasteiger partial charge in [0.1, 0.15) is 12.1 Å². The minimum absolute atomic E-state index is 0.0672. The second kappa shape index (κ2) is 7.32. The van der Waals surface area contributed by atoms with E-state index in [4.69, 9.17) is 27.9 Å². The lowest BCUT2D eigenvalue weighted by Gasteiger charge is -2.32. The van der Waals surface area contributed by atoms with Crippen molar-refractivity contribution in [3.8, 4) is 5.75 Å². The average molecular weight is 411 g/mol. The first kappa shape index (κ1) is 18.0. The van der Waals surface area contributed by atoms with Crippen molar-refractivity contribution in [3.63, 3.8) is 0 Å². The molecule has 5 nitrogen and oxygen atoms in total. The smallest absolute Gasteiger partial charge is 0.387 e. The molecule has 140 valence electrons. The number of ether oxygens (including phenoxy) is 1. The van der Waals surface area contributed by atoms with Crippen LogP contribution in [-0.4, -0.2) is 21.4 Å². The van der Waals surface area contributed by atoms with Gasteiger partial charge in [0.2, 0.25) is 5.95 Å². The van der Waals surface area contributed by atoms with Crippen LogP contribution in [0.2, 0.25) is 10.0 Å².